The van der Waals surface area contributed by atoms with Gasteiger partial charge in [-0.2, -0.15) is 0 Å². The Bertz CT molecular complexity index is 1050. The molecular weight excluding hydrogens is 520 g/mol. The van der Waals surface area contributed by atoms with Gasteiger partial charge in [-0.25, -0.2) is 4.79 Å². The molecule has 0 radical (unpaired) electrons. The first-order valence-electron chi connectivity index (χ1n) is 12.0. The summed E-state index contributed by atoms with van der Waals surface area (Å²) in [6.45, 7) is 5.26. The highest BCUT2D eigenvalue weighted by atomic mass is 16.7. The van der Waals surface area contributed by atoms with Crippen LogP contribution in [0.15, 0.2) is 30.3 Å². The van der Waals surface area contributed by atoms with Crippen LogP contribution in [-0.4, -0.2) is 79.2 Å². The van der Waals surface area contributed by atoms with Crippen molar-refractivity contribution < 1.29 is 57.2 Å². The molecule has 1 aromatic rings. The number of alkyl carbamates (subject to hydrolysis) is 1. The summed E-state index contributed by atoms with van der Waals surface area (Å²) in [7, 11) is 0. The second-order valence-electron chi connectivity index (χ2n) is 8.57. The first-order chi connectivity index (χ1) is 18.4. The Morgan fingerprint density at radius 2 is 1.41 bits per heavy atom. The largest absolute Gasteiger partial charge is 0.463 e. The van der Waals surface area contributed by atoms with Crippen molar-refractivity contribution in [2.45, 2.75) is 77.9 Å². The SMILES string of the molecule is CC(=O)OC[C@H]1O[C@@H](OC(C)=O)[C@H](NC(=O)[C@H](C)NC(=O)OCc2ccccc2)[C@@H](OC(C)=O)[C@@H]1OC(C)=O. The summed E-state index contributed by atoms with van der Waals surface area (Å²) >= 11 is 0. The van der Waals surface area contributed by atoms with Crippen LogP contribution in [0.25, 0.3) is 0 Å². The number of esters is 4. The van der Waals surface area contributed by atoms with E-state index < -0.39 is 79.2 Å². The molecule has 14 nitrogen and oxygen atoms in total. The molecule has 39 heavy (non-hydrogen) atoms. The van der Waals surface area contributed by atoms with Crippen LogP contribution in [0.2, 0.25) is 0 Å². The molecule has 0 unspecified atom stereocenters. The summed E-state index contributed by atoms with van der Waals surface area (Å²) in [5.74, 6) is -3.89. The zero-order valence-corrected chi connectivity index (χ0v) is 22.2. The van der Waals surface area contributed by atoms with Gasteiger partial charge in [0, 0.05) is 27.7 Å². The van der Waals surface area contributed by atoms with E-state index in [1.807, 2.05) is 6.07 Å². The molecule has 1 fully saturated rings. The smallest absolute Gasteiger partial charge is 0.408 e. The Hall–Kier alpha value is -4.20. The average Bonchev–Trinajstić information content (AvgIpc) is 2.84. The predicted molar refractivity (Wildman–Crippen MR) is 129 cm³/mol. The molecule has 0 bridgehead atoms. The number of benzene rings is 1. The number of hydrogen-bond acceptors (Lipinski definition) is 12. The van der Waals surface area contributed by atoms with Crippen molar-refractivity contribution in [1.29, 1.82) is 0 Å². The fourth-order valence-corrected chi connectivity index (χ4v) is 3.62. The van der Waals surface area contributed by atoms with Gasteiger partial charge in [-0.1, -0.05) is 30.3 Å². The van der Waals surface area contributed by atoms with Crippen molar-refractivity contribution in [3.63, 3.8) is 0 Å². The number of amides is 2. The Balaban J connectivity index is 2.23. The molecule has 214 valence electrons. The molecule has 1 saturated heterocycles. The summed E-state index contributed by atoms with van der Waals surface area (Å²) in [5, 5.41) is 4.87. The topological polar surface area (TPSA) is 182 Å². The molecular formula is C25H32N2O12. The zero-order valence-electron chi connectivity index (χ0n) is 22.2. The molecule has 1 aliphatic heterocycles. The molecule has 0 aromatic heterocycles. The third kappa shape index (κ3) is 10.2. The summed E-state index contributed by atoms with van der Waals surface area (Å²) in [4.78, 5) is 72.2. The lowest BCUT2D eigenvalue weighted by Crippen LogP contribution is -2.68. The summed E-state index contributed by atoms with van der Waals surface area (Å²) in [6.07, 6.45) is -6.48. The van der Waals surface area contributed by atoms with Gasteiger partial charge in [0.2, 0.25) is 12.2 Å². The van der Waals surface area contributed by atoms with Crippen molar-refractivity contribution in [3.05, 3.63) is 35.9 Å². The first kappa shape index (κ1) is 31.0. The number of nitrogens with one attached hydrogen (secondary N) is 2. The van der Waals surface area contributed by atoms with Crippen molar-refractivity contribution in [2.75, 3.05) is 6.61 Å². The number of carbonyl (C=O) groups is 6. The lowest BCUT2D eigenvalue weighted by molar-refractivity contribution is -0.271. The second-order valence-corrected chi connectivity index (χ2v) is 8.57. The molecule has 14 heteroatoms. The van der Waals surface area contributed by atoms with Crippen LogP contribution in [0.4, 0.5) is 4.79 Å². The molecule has 1 aromatic carbocycles. The monoisotopic (exact) mass is 552 g/mol. The average molecular weight is 553 g/mol. The van der Waals surface area contributed by atoms with Gasteiger partial charge in [0.05, 0.1) is 0 Å². The molecule has 2 N–H and O–H groups in total. The third-order valence-electron chi connectivity index (χ3n) is 5.23. The lowest BCUT2D eigenvalue weighted by atomic mass is 9.95. The van der Waals surface area contributed by atoms with Gasteiger partial charge in [-0.05, 0) is 12.5 Å². The van der Waals surface area contributed by atoms with E-state index >= 15 is 0 Å². The number of ether oxygens (including phenoxy) is 6. The highest BCUT2D eigenvalue weighted by molar-refractivity contribution is 5.85. The van der Waals surface area contributed by atoms with Gasteiger partial charge in [0.25, 0.3) is 0 Å². The highest BCUT2D eigenvalue weighted by Gasteiger charge is 2.52. The molecule has 2 amide bonds. The van der Waals surface area contributed by atoms with Crippen molar-refractivity contribution in [2.24, 2.45) is 0 Å². The van der Waals surface area contributed by atoms with Crippen LogP contribution in [0, 0.1) is 0 Å². The van der Waals surface area contributed by atoms with Gasteiger partial charge in [-0.15, -0.1) is 0 Å². The summed E-state index contributed by atoms with van der Waals surface area (Å²) in [6, 6.07) is 6.30. The second kappa shape index (κ2) is 14.7. The van der Waals surface area contributed by atoms with Crippen LogP contribution >= 0.6 is 0 Å². The van der Waals surface area contributed by atoms with Crippen LogP contribution in [0.5, 0.6) is 0 Å². The van der Waals surface area contributed by atoms with Gasteiger partial charge in [0.1, 0.15) is 31.4 Å². The van der Waals surface area contributed by atoms with E-state index in [1.165, 1.54) is 6.92 Å². The first-order valence-corrected chi connectivity index (χ1v) is 12.0. The molecule has 1 aliphatic rings. The normalized spacial score (nSPS) is 22.8. The van der Waals surface area contributed by atoms with E-state index in [1.54, 1.807) is 24.3 Å². The van der Waals surface area contributed by atoms with Crippen molar-refractivity contribution >= 4 is 35.9 Å². The summed E-state index contributed by atoms with van der Waals surface area (Å²) in [5.41, 5.74) is 0.734. The standard InChI is InChI=1S/C25H32N2O12/c1-13(26-25(33)35-11-18-9-7-6-8-10-18)23(32)27-20-22(37-16(4)30)21(36-15(3)29)19(12-34-14(2)28)39-24(20)38-17(5)31/h6-10,13,19-22,24H,11-12H2,1-5H3,(H,26,33)(H,27,32)/t13-,19+,20+,21+,22+,24+/m0/s1. The van der Waals surface area contributed by atoms with Crippen molar-refractivity contribution in [1.82, 2.24) is 10.6 Å². The molecule has 2 rings (SSSR count). The molecule has 0 saturated carbocycles. The Morgan fingerprint density at radius 1 is 0.821 bits per heavy atom. The molecule has 1 heterocycles. The summed E-state index contributed by atoms with van der Waals surface area (Å²) < 4.78 is 31.7. The van der Waals surface area contributed by atoms with E-state index in [2.05, 4.69) is 10.6 Å². The molecule has 0 spiro atoms. The van der Waals surface area contributed by atoms with E-state index in [4.69, 9.17) is 28.4 Å². The number of rotatable bonds is 10. The Kier molecular flexibility index (Phi) is 11.7. The zero-order chi connectivity index (χ0) is 29.1. The van der Waals surface area contributed by atoms with Crippen molar-refractivity contribution in [3.8, 4) is 0 Å². The van der Waals surface area contributed by atoms with E-state index in [9.17, 15) is 28.8 Å². The Morgan fingerprint density at radius 3 is 1.97 bits per heavy atom. The fraction of sp³-hybridized carbons (Fsp3) is 0.520. The van der Waals surface area contributed by atoms with E-state index in [0.717, 1.165) is 33.3 Å². The maximum Gasteiger partial charge on any atom is 0.408 e. The van der Waals surface area contributed by atoms with Crippen LogP contribution in [0.1, 0.15) is 40.2 Å². The Labute approximate surface area is 224 Å². The minimum absolute atomic E-state index is 0.0334. The minimum atomic E-state index is -1.56. The highest BCUT2D eigenvalue weighted by Crippen LogP contribution is 2.28. The van der Waals surface area contributed by atoms with Gasteiger partial charge >= 0.3 is 30.0 Å². The predicted octanol–water partition coefficient (Wildman–Crippen LogP) is 0.501. The third-order valence-corrected chi connectivity index (χ3v) is 5.23. The van der Waals surface area contributed by atoms with Gasteiger partial charge < -0.3 is 39.1 Å². The van der Waals surface area contributed by atoms with E-state index in [0.29, 0.717) is 0 Å². The fourth-order valence-electron chi connectivity index (χ4n) is 3.62. The van der Waals surface area contributed by atoms with Crippen LogP contribution in [-0.2, 0) is 59.0 Å². The molecule has 0 aliphatic carbocycles. The minimum Gasteiger partial charge on any atom is -0.463 e. The maximum absolute atomic E-state index is 13.0. The van der Waals surface area contributed by atoms with E-state index in [-0.39, 0.29) is 6.61 Å². The van der Waals surface area contributed by atoms with Gasteiger partial charge in [-0.3, -0.25) is 24.0 Å². The quantitative estimate of drug-likeness (QED) is 0.303. The lowest BCUT2D eigenvalue weighted by Gasteiger charge is -2.44. The van der Waals surface area contributed by atoms with Crippen LogP contribution in [0.3, 0.4) is 0 Å². The number of hydrogen-bond donors (Lipinski definition) is 2. The van der Waals surface area contributed by atoms with Crippen LogP contribution < -0.4 is 10.6 Å². The number of carbonyl (C=O) groups excluding carboxylic acids is 6. The maximum atomic E-state index is 13.0. The van der Waals surface area contributed by atoms with Gasteiger partial charge in [0.15, 0.2) is 12.2 Å². The molecule has 6 atom stereocenters.